The Bertz CT molecular complexity index is 1160. The fourth-order valence-corrected chi connectivity index (χ4v) is 7.69. The summed E-state index contributed by atoms with van der Waals surface area (Å²) in [7, 11) is -5.02. The molecule has 1 fully saturated rings. The summed E-state index contributed by atoms with van der Waals surface area (Å²) >= 11 is 0. The molecule has 0 saturated heterocycles. The summed E-state index contributed by atoms with van der Waals surface area (Å²) < 4.78 is 34.1. The molecule has 0 radical (unpaired) electrons. The van der Waals surface area contributed by atoms with Crippen LogP contribution in [0.25, 0.3) is 0 Å². The fourth-order valence-electron chi connectivity index (χ4n) is 6.72. The monoisotopic (exact) mass is 859 g/mol. The molecule has 1 saturated carbocycles. The van der Waals surface area contributed by atoms with Crippen LogP contribution >= 0.6 is 7.82 Å². The largest absolute Gasteiger partial charge is 0.472 e. The number of phosphoric acid groups is 1. The lowest BCUT2D eigenvalue weighted by Crippen LogP contribution is -2.64. The van der Waals surface area contributed by atoms with Gasteiger partial charge in [-0.15, -0.1) is 0 Å². The molecule has 0 spiro atoms. The van der Waals surface area contributed by atoms with Crippen LogP contribution in [-0.4, -0.2) is 98.9 Å². The lowest BCUT2D eigenvalue weighted by molar-refractivity contribution is -0.220. The van der Waals surface area contributed by atoms with Gasteiger partial charge in [-0.1, -0.05) is 146 Å². The molecule has 0 bridgehead atoms. The summed E-state index contributed by atoms with van der Waals surface area (Å²) in [5.41, 5.74) is 0. The molecule has 0 aliphatic heterocycles. The number of allylic oxidation sites excluding steroid dienone is 8. The molecule has 6 atom stereocenters. The average molecular weight is 859 g/mol. The van der Waals surface area contributed by atoms with Gasteiger partial charge in [-0.25, -0.2) is 4.57 Å². The minimum absolute atomic E-state index is 0.0878. The number of esters is 1. The van der Waals surface area contributed by atoms with Gasteiger partial charge in [-0.05, 0) is 70.6 Å². The van der Waals surface area contributed by atoms with Crippen LogP contribution in [0, 0.1) is 0 Å². The molecule has 1 aliphatic rings. The Morgan fingerprint density at radius 2 is 0.983 bits per heavy atom. The predicted molar refractivity (Wildman–Crippen MR) is 235 cm³/mol. The number of hydrogen-bond donors (Lipinski definition) is 6. The van der Waals surface area contributed by atoms with Crippen LogP contribution in [0.2, 0.25) is 0 Å². The van der Waals surface area contributed by atoms with E-state index < -0.39 is 63.1 Å². The van der Waals surface area contributed by atoms with Gasteiger partial charge in [0.1, 0.15) is 42.7 Å². The van der Waals surface area contributed by atoms with Crippen LogP contribution in [0.5, 0.6) is 0 Å². The van der Waals surface area contributed by atoms with Gasteiger partial charge in [0.05, 0.1) is 13.2 Å². The molecule has 0 amide bonds. The maximum absolute atomic E-state index is 12.8. The molecule has 1 aliphatic carbocycles. The van der Waals surface area contributed by atoms with Crippen molar-refractivity contribution >= 4 is 13.8 Å². The van der Waals surface area contributed by atoms with E-state index in [0.717, 1.165) is 89.9 Å². The number of unbranched alkanes of at least 4 members (excludes halogenated alkanes) is 18. The van der Waals surface area contributed by atoms with Crippen LogP contribution in [0.3, 0.4) is 0 Å². The van der Waals surface area contributed by atoms with Crippen molar-refractivity contribution in [3.63, 3.8) is 0 Å². The Labute approximate surface area is 356 Å². The smallest absolute Gasteiger partial charge is 0.457 e. The fraction of sp³-hybridized carbons (Fsp3) is 0.804. The average Bonchev–Trinajstić information content (AvgIpc) is 3.22. The zero-order valence-corrected chi connectivity index (χ0v) is 37.4. The number of rotatable bonds is 38. The number of phosphoric ester groups is 1. The molecule has 344 valence electrons. The highest BCUT2D eigenvalue weighted by Gasteiger charge is 2.51. The summed E-state index contributed by atoms with van der Waals surface area (Å²) in [5.74, 6) is -0.494. The molecule has 6 N–H and O–H groups in total. The van der Waals surface area contributed by atoms with Crippen molar-refractivity contribution in [2.75, 3.05) is 19.8 Å². The third-order valence-corrected chi connectivity index (χ3v) is 11.4. The highest BCUT2D eigenvalue weighted by atomic mass is 31.2. The van der Waals surface area contributed by atoms with Gasteiger partial charge in [-0.3, -0.25) is 13.8 Å². The number of carbonyl (C=O) groups is 1. The van der Waals surface area contributed by atoms with Crippen molar-refractivity contribution in [2.24, 2.45) is 0 Å². The van der Waals surface area contributed by atoms with Crippen molar-refractivity contribution < 1.29 is 58.3 Å². The van der Waals surface area contributed by atoms with E-state index in [1.807, 2.05) is 0 Å². The van der Waals surface area contributed by atoms with Gasteiger partial charge >= 0.3 is 13.8 Å². The van der Waals surface area contributed by atoms with Gasteiger partial charge in [0.2, 0.25) is 0 Å². The van der Waals surface area contributed by atoms with E-state index in [1.165, 1.54) is 57.8 Å². The molecule has 0 aromatic carbocycles. The lowest BCUT2D eigenvalue weighted by Gasteiger charge is -2.41. The van der Waals surface area contributed by atoms with Gasteiger partial charge in [0, 0.05) is 13.0 Å². The van der Waals surface area contributed by atoms with E-state index in [0.29, 0.717) is 13.0 Å². The SMILES string of the molecule is CCC/C=C\CCCCCCCCOCC(COP(=O)(O)OC1C(O)C(O)C(O)C(O)C1O)OC(=O)CCCCCCCC/C=C\C/C=C\C/C=C\CCCCCCC. The van der Waals surface area contributed by atoms with Crippen molar-refractivity contribution in [2.45, 2.75) is 217 Å². The molecular weight excluding hydrogens is 775 g/mol. The molecule has 0 heterocycles. The van der Waals surface area contributed by atoms with E-state index in [9.17, 15) is 39.8 Å². The molecule has 0 aromatic rings. The van der Waals surface area contributed by atoms with Gasteiger partial charge in [0.25, 0.3) is 0 Å². The minimum atomic E-state index is -5.02. The molecule has 6 unspecified atom stereocenters. The standard InChI is InChI=1S/C46H83O12P/c1-3-5-7-9-11-13-15-16-17-18-19-20-21-22-23-24-25-27-29-31-33-35-40(47)57-39(37-55-36-34-32-30-28-26-14-12-10-8-6-4-2)38-56-59(53,54)58-46-44(51)42(49)41(48)43(50)45(46)52/h8,10,15-16,18-19,21-22,39,41-46,48-52H,3-7,9,11-14,17,20,23-38H2,1-2H3,(H,53,54)/b10-8-,16-15-,19-18-,22-21-. The van der Waals surface area contributed by atoms with Crippen LogP contribution in [-0.2, 0) is 27.9 Å². The molecule has 59 heavy (non-hydrogen) atoms. The van der Waals surface area contributed by atoms with Gasteiger partial charge in [-0.2, -0.15) is 0 Å². The Morgan fingerprint density at radius 3 is 1.53 bits per heavy atom. The second kappa shape index (κ2) is 36.9. The number of aliphatic hydroxyl groups excluding tert-OH is 5. The first-order valence-corrected chi connectivity index (χ1v) is 24.5. The molecule has 12 nitrogen and oxygen atoms in total. The van der Waals surface area contributed by atoms with E-state index in [1.54, 1.807) is 0 Å². The maximum Gasteiger partial charge on any atom is 0.472 e. The van der Waals surface area contributed by atoms with Crippen LogP contribution in [0.4, 0.5) is 0 Å². The minimum Gasteiger partial charge on any atom is -0.457 e. The van der Waals surface area contributed by atoms with E-state index >= 15 is 0 Å². The predicted octanol–water partition coefficient (Wildman–Crippen LogP) is 9.25. The molecule has 0 aromatic heterocycles. The zero-order valence-electron chi connectivity index (χ0n) is 36.5. The second-order valence-electron chi connectivity index (χ2n) is 15.9. The first-order chi connectivity index (χ1) is 28.5. The summed E-state index contributed by atoms with van der Waals surface area (Å²) in [4.78, 5) is 23.1. The number of ether oxygens (including phenoxy) is 2. The number of hydrogen-bond acceptors (Lipinski definition) is 11. The van der Waals surface area contributed by atoms with Crippen LogP contribution in [0.1, 0.15) is 174 Å². The molecule has 1 rings (SSSR count). The van der Waals surface area contributed by atoms with Crippen molar-refractivity contribution in [3.05, 3.63) is 48.6 Å². The molecule has 13 heteroatoms. The third-order valence-electron chi connectivity index (χ3n) is 10.4. The van der Waals surface area contributed by atoms with Gasteiger partial charge < -0.3 is 39.9 Å². The normalized spacial score (nSPS) is 22.9. The number of carbonyl (C=O) groups excluding carboxylic acids is 1. The molecular formula is C46H83O12P. The Morgan fingerprint density at radius 1 is 0.542 bits per heavy atom. The summed E-state index contributed by atoms with van der Waals surface area (Å²) in [6, 6.07) is 0. The Balaban J connectivity index is 2.38. The summed E-state index contributed by atoms with van der Waals surface area (Å²) in [5, 5.41) is 50.1. The zero-order chi connectivity index (χ0) is 43.4. The quantitative estimate of drug-likeness (QED) is 0.0150. The van der Waals surface area contributed by atoms with Crippen LogP contribution in [0.15, 0.2) is 48.6 Å². The van der Waals surface area contributed by atoms with Crippen LogP contribution < -0.4 is 0 Å². The Hall–Kier alpha value is -1.70. The van der Waals surface area contributed by atoms with Crippen molar-refractivity contribution in [1.82, 2.24) is 0 Å². The summed E-state index contributed by atoms with van der Waals surface area (Å²) in [6.07, 6.45) is 31.8. The highest BCUT2D eigenvalue weighted by molar-refractivity contribution is 7.47. The maximum atomic E-state index is 12.8. The number of aliphatic hydroxyl groups is 5. The van der Waals surface area contributed by atoms with E-state index in [4.69, 9.17) is 18.5 Å². The topological polar surface area (TPSA) is 192 Å². The Kier molecular flexibility index (Phi) is 34.6. The highest BCUT2D eigenvalue weighted by Crippen LogP contribution is 2.47. The van der Waals surface area contributed by atoms with E-state index in [-0.39, 0.29) is 13.0 Å². The van der Waals surface area contributed by atoms with Crippen molar-refractivity contribution in [1.29, 1.82) is 0 Å². The van der Waals surface area contributed by atoms with Gasteiger partial charge in [0.15, 0.2) is 0 Å². The summed E-state index contributed by atoms with van der Waals surface area (Å²) in [6.45, 7) is 4.15. The third kappa shape index (κ3) is 29.3. The van der Waals surface area contributed by atoms with E-state index in [2.05, 4.69) is 62.5 Å². The first-order valence-electron chi connectivity index (χ1n) is 23.0. The lowest BCUT2D eigenvalue weighted by atomic mass is 9.85. The van der Waals surface area contributed by atoms with Crippen molar-refractivity contribution in [3.8, 4) is 0 Å². The first kappa shape index (κ1) is 55.3. The second-order valence-corrected chi connectivity index (χ2v) is 17.3.